The molecule has 0 saturated heterocycles. The SMILES string of the molecule is Cc1ccc([C@H](N)[C@@H](C)O)c(F)c1F. The third kappa shape index (κ3) is 1.91. The van der Waals surface area contributed by atoms with Crippen LogP contribution >= 0.6 is 0 Å². The summed E-state index contributed by atoms with van der Waals surface area (Å²) >= 11 is 0. The van der Waals surface area contributed by atoms with Crippen LogP contribution in [-0.4, -0.2) is 11.2 Å². The van der Waals surface area contributed by atoms with Crippen molar-refractivity contribution in [1.29, 1.82) is 0 Å². The average molecular weight is 201 g/mol. The Morgan fingerprint density at radius 1 is 1.29 bits per heavy atom. The van der Waals surface area contributed by atoms with Crippen molar-refractivity contribution < 1.29 is 13.9 Å². The summed E-state index contributed by atoms with van der Waals surface area (Å²) in [6.07, 6.45) is -0.911. The number of halogens is 2. The van der Waals surface area contributed by atoms with Crippen molar-refractivity contribution in [3.05, 3.63) is 34.9 Å². The van der Waals surface area contributed by atoms with E-state index >= 15 is 0 Å². The minimum Gasteiger partial charge on any atom is -0.391 e. The van der Waals surface area contributed by atoms with Crippen molar-refractivity contribution in [1.82, 2.24) is 0 Å². The minimum atomic E-state index is -0.974. The molecule has 78 valence electrons. The van der Waals surface area contributed by atoms with Crippen molar-refractivity contribution in [3.8, 4) is 0 Å². The Morgan fingerprint density at radius 2 is 1.86 bits per heavy atom. The highest BCUT2D eigenvalue weighted by atomic mass is 19.2. The van der Waals surface area contributed by atoms with E-state index in [1.807, 2.05) is 0 Å². The molecule has 0 aliphatic heterocycles. The Morgan fingerprint density at radius 3 is 2.36 bits per heavy atom. The van der Waals surface area contributed by atoms with Gasteiger partial charge in [-0.2, -0.15) is 0 Å². The molecule has 0 aromatic heterocycles. The molecule has 3 N–H and O–H groups in total. The predicted octanol–water partition coefficient (Wildman–Crippen LogP) is 1.65. The molecule has 0 amide bonds. The highest BCUT2D eigenvalue weighted by Gasteiger charge is 2.19. The van der Waals surface area contributed by atoms with Crippen LogP contribution in [0.15, 0.2) is 12.1 Å². The highest BCUT2D eigenvalue weighted by Crippen LogP contribution is 2.22. The van der Waals surface area contributed by atoms with Crippen molar-refractivity contribution in [2.75, 3.05) is 0 Å². The molecule has 2 nitrogen and oxygen atoms in total. The molecule has 0 aliphatic rings. The lowest BCUT2D eigenvalue weighted by atomic mass is 10.0. The van der Waals surface area contributed by atoms with Crippen LogP contribution in [0.2, 0.25) is 0 Å². The molecule has 1 aromatic rings. The van der Waals surface area contributed by atoms with Crippen molar-refractivity contribution >= 4 is 0 Å². The fourth-order valence-corrected chi connectivity index (χ4v) is 1.18. The molecular weight excluding hydrogens is 188 g/mol. The van der Waals surface area contributed by atoms with E-state index in [4.69, 9.17) is 10.8 Å². The second-order valence-electron chi connectivity index (χ2n) is 3.37. The normalized spacial score (nSPS) is 15.3. The Labute approximate surface area is 81.4 Å². The monoisotopic (exact) mass is 201 g/mol. The summed E-state index contributed by atoms with van der Waals surface area (Å²) in [6, 6.07) is 1.94. The van der Waals surface area contributed by atoms with Crippen molar-refractivity contribution in [2.24, 2.45) is 5.73 Å². The molecule has 0 unspecified atom stereocenters. The predicted molar refractivity (Wildman–Crippen MR) is 49.7 cm³/mol. The first-order valence-corrected chi connectivity index (χ1v) is 4.33. The van der Waals surface area contributed by atoms with Crippen LogP contribution in [0.5, 0.6) is 0 Å². The maximum Gasteiger partial charge on any atom is 0.163 e. The van der Waals surface area contributed by atoms with E-state index in [2.05, 4.69) is 0 Å². The molecular formula is C10H13F2NO. The first-order chi connectivity index (χ1) is 6.45. The molecule has 1 rings (SSSR count). The molecule has 0 spiro atoms. The average Bonchev–Trinajstić information content (AvgIpc) is 2.13. The lowest BCUT2D eigenvalue weighted by Crippen LogP contribution is -2.24. The summed E-state index contributed by atoms with van der Waals surface area (Å²) in [5, 5.41) is 9.14. The number of aliphatic hydroxyl groups is 1. The topological polar surface area (TPSA) is 46.2 Å². The Bertz CT molecular complexity index is 339. The summed E-state index contributed by atoms with van der Waals surface area (Å²) in [5.74, 6) is -1.88. The second kappa shape index (κ2) is 4.02. The summed E-state index contributed by atoms with van der Waals surface area (Å²) < 4.78 is 26.4. The minimum absolute atomic E-state index is 0.00287. The maximum absolute atomic E-state index is 13.3. The van der Waals surface area contributed by atoms with Gasteiger partial charge in [0.15, 0.2) is 11.6 Å². The third-order valence-electron chi connectivity index (χ3n) is 2.18. The zero-order valence-corrected chi connectivity index (χ0v) is 8.09. The molecule has 0 radical (unpaired) electrons. The van der Waals surface area contributed by atoms with Gasteiger partial charge < -0.3 is 10.8 Å². The van der Waals surface area contributed by atoms with E-state index in [0.717, 1.165) is 0 Å². The van der Waals surface area contributed by atoms with Gasteiger partial charge in [0.05, 0.1) is 12.1 Å². The van der Waals surface area contributed by atoms with Crippen LogP contribution in [0, 0.1) is 18.6 Å². The van der Waals surface area contributed by atoms with Crippen LogP contribution in [-0.2, 0) is 0 Å². The Balaban J connectivity index is 3.17. The fourth-order valence-electron chi connectivity index (χ4n) is 1.18. The van der Waals surface area contributed by atoms with Gasteiger partial charge in [-0.25, -0.2) is 8.78 Å². The number of hydrogen-bond donors (Lipinski definition) is 2. The number of nitrogens with two attached hydrogens (primary N) is 1. The zero-order chi connectivity index (χ0) is 10.9. The molecule has 0 aliphatic carbocycles. The number of aliphatic hydroxyl groups excluding tert-OH is 1. The van der Waals surface area contributed by atoms with E-state index in [-0.39, 0.29) is 11.1 Å². The van der Waals surface area contributed by atoms with Gasteiger partial charge in [0.1, 0.15) is 0 Å². The Kier molecular flexibility index (Phi) is 3.18. The van der Waals surface area contributed by atoms with Gasteiger partial charge in [-0.1, -0.05) is 12.1 Å². The van der Waals surface area contributed by atoms with Crippen LogP contribution in [0.4, 0.5) is 8.78 Å². The smallest absolute Gasteiger partial charge is 0.163 e. The lowest BCUT2D eigenvalue weighted by Gasteiger charge is -2.16. The van der Waals surface area contributed by atoms with Gasteiger partial charge in [0.2, 0.25) is 0 Å². The largest absolute Gasteiger partial charge is 0.391 e. The summed E-state index contributed by atoms with van der Waals surface area (Å²) in [6.45, 7) is 2.90. The molecule has 1 aromatic carbocycles. The first-order valence-electron chi connectivity index (χ1n) is 4.33. The Hall–Kier alpha value is -1.00. The van der Waals surface area contributed by atoms with Crippen LogP contribution in [0.1, 0.15) is 24.1 Å². The van der Waals surface area contributed by atoms with Crippen molar-refractivity contribution in [3.63, 3.8) is 0 Å². The van der Waals surface area contributed by atoms with Gasteiger partial charge in [-0.05, 0) is 19.4 Å². The molecule has 0 heterocycles. The van der Waals surface area contributed by atoms with E-state index in [1.54, 1.807) is 0 Å². The van der Waals surface area contributed by atoms with Crippen LogP contribution in [0.25, 0.3) is 0 Å². The van der Waals surface area contributed by atoms with E-state index < -0.39 is 23.8 Å². The zero-order valence-electron chi connectivity index (χ0n) is 8.09. The lowest BCUT2D eigenvalue weighted by molar-refractivity contribution is 0.162. The molecule has 0 fully saturated rings. The summed E-state index contributed by atoms with van der Waals surface area (Å²) in [5.41, 5.74) is 5.73. The first kappa shape index (κ1) is 11.1. The molecule has 0 bridgehead atoms. The standard InChI is InChI=1S/C10H13F2NO/c1-5-3-4-7(9(12)8(5)11)10(13)6(2)14/h3-4,6,10,14H,13H2,1-2H3/t6-,10-/m1/s1. The quantitative estimate of drug-likeness (QED) is 0.764. The van der Waals surface area contributed by atoms with Gasteiger partial charge in [0.25, 0.3) is 0 Å². The molecule has 2 atom stereocenters. The number of rotatable bonds is 2. The van der Waals surface area contributed by atoms with E-state index in [1.165, 1.54) is 26.0 Å². The van der Waals surface area contributed by atoms with E-state index in [0.29, 0.717) is 0 Å². The number of aryl methyl sites for hydroxylation is 1. The number of benzene rings is 1. The van der Waals surface area contributed by atoms with Gasteiger partial charge >= 0.3 is 0 Å². The molecule has 0 saturated carbocycles. The van der Waals surface area contributed by atoms with Gasteiger partial charge in [-0.15, -0.1) is 0 Å². The fraction of sp³-hybridized carbons (Fsp3) is 0.400. The molecule has 4 heteroatoms. The van der Waals surface area contributed by atoms with Gasteiger partial charge in [-0.3, -0.25) is 0 Å². The van der Waals surface area contributed by atoms with E-state index in [9.17, 15) is 8.78 Å². The summed E-state index contributed by atoms with van der Waals surface area (Å²) in [7, 11) is 0. The van der Waals surface area contributed by atoms with Crippen molar-refractivity contribution in [2.45, 2.75) is 26.0 Å². The third-order valence-corrected chi connectivity index (χ3v) is 2.18. The maximum atomic E-state index is 13.3. The second-order valence-corrected chi connectivity index (χ2v) is 3.37. The van der Waals surface area contributed by atoms with Gasteiger partial charge in [0, 0.05) is 5.56 Å². The molecule has 14 heavy (non-hydrogen) atoms. The highest BCUT2D eigenvalue weighted by molar-refractivity contribution is 5.28. The summed E-state index contributed by atoms with van der Waals surface area (Å²) in [4.78, 5) is 0. The number of hydrogen-bond acceptors (Lipinski definition) is 2. The van der Waals surface area contributed by atoms with Crippen LogP contribution < -0.4 is 5.73 Å². The van der Waals surface area contributed by atoms with Crippen LogP contribution in [0.3, 0.4) is 0 Å².